The number of hydrogen-bond acceptors (Lipinski definition) is 5. The Morgan fingerprint density at radius 1 is 1.07 bits per heavy atom. The Morgan fingerprint density at radius 2 is 1.74 bits per heavy atom. The molecule has 0 aliphatic rings. The first kappa shape index (κ1) is 22.4. The SMILES string of the molecule is CC(C)C[C@H](NC(=O)OCc1ccccc1)C(=O)N[C@@H](CCCO)C(=O)O. The molecule has 8 heteroatoms. The van der Waals surface area contributed by atoms with Crippen LogP contribution in [-0.4, -0.2) is 46.9 Å². The molecular weight excluding hydrogens is 352 g/mol. The molecule has 1 aromatic rings. The van der Waals surface area contributed by atoms with Crippen molar-refractivity contribution < 1.29 is 29.3 Å². The fourth-order valence-corrected chi connectivity index (χ4v) is 2.44. The molecule has 1 aromatic carbocycles. The average Bonchev–Trinajstić information content (AvgIpc) is 2.63. The predicted octanol–water partition coefficient (Wildman–Crippen LogP) is 1.67. The van der Waals surface area contributed by atoms with Crippen molar-refractivity contribution in [3.05, 3.63) is 35.9 Å². The molecule has 0 spiro atoms. The van der Waals surface area contributed by atoms with Crippen molar-refractivity contribution in [1.82, 2.24) is 10.6 Å². The highest BCUT2D eigenvalue weighted by Gasteiger charge is 2.27. The summed E-state index contributed by atoms with van der Waals surface area (Å²) in [5.74, 6) is -1.69. The number of alkyl carbamates (subject to hydrolysis) is 1. The van der Waals surface area contributed by atoms with Crippen molar-refractivity contribution in [3.8, 4) is 0 Å². The van der Waals surface area contributed by atoms with Crippen LogP contribution in [0.2, 0.25) is 0 Å². The van der Waals surface area contributed by atoms with Crippen molar-refractivity contribution in [2.75, 3.05) is 6.61 Å². The Labute approximate surface area is 158 Å². The van der Waals surface area contributed by atoms with E-state index in [2.05, 4.69) is 10.6 Å². The number of carbonyl (C=O) groups excluding carboxylic acids is 2. The summed E-state index contributed by atoms with van der Waals surface area (Å²) in [6.07, 6.45) is -0.0660. The third-order valence-electron chi connectivity index (χ3n) is 3.79. The maximum atomic E-state index is 12.5. The fraction of sp³-hybridized carbons (Fsp3) is 0.526. The molecule has 150 valence electrons. The summed E-state index contributed by atoms with van der Waals surface area (Å²) < 4.78 is 5.13. The molecular formula is C19H28N2O6. The molecule has 8 nitrogen and oxygen atoms in total. The lowest BCUT2D eigenvalue weighted by Gasteiger charge is -2.22. The number of aliphatic hydroxyl groups excluding tert-OH is 1. The van der Waals surface area contributed by atoms with Crippen LogP contribution in [0.3, 0.4) is 0 Å². The van der Waals surface area contributed by atoms with Gasteiger partial charge in [-0.3, -0.25) is 4.79 Å². The van der Waals surface area contributed by atoms with Crippen molar-refractivity contribution in [2.45, 2.75) is 51.8 Å². The lowest BCUT2D eigenvalue weighted by Crippen LogP contribution is -2.52. The summed E-state index contributed by atoms with van der Waals surface area (Å²) in [7, 11) is 0. The Balaban J connectivity index is 2.65. The van der Waals surface area contributed by atoms with E-state index >= 15 is 0 Å². The number of carboxylic acid groups (broad SMARTS) is 1. The van der Waals surface area contributed by atoms with Gasteiger partial charge in [-0.1, -0.05) is 44.2 Å². The standard InChI is InChI=1S/C19H28N2O6/c1-13(2)11-16(17(23)20-15(18(24)25)9-6-10-22)21-19(26)27-12-14-7-4-3-5-8-14/h3-5,7-8,13,15-16,22H,6,9-12H2,1-2H3,(H,20,23)(H,21,26)(H,24,25)/t15-,16-/m0/s1. The van der Waals surface area contributed by atoms with Gasteiger partial charge in [0.2, 0.25) is 5.91 Å². The second-order valence-corrected chi connectivity index (χ2v) is 6.65. The van der Waals surface area contributed by atoms with E-state index in [9.17, 15) is 19.5 Å². The molecule has 4 N–H and O–H groups in total. The summed E-state index contributed by atoms with van der Waals surface area (Å²) in [6, 6.07) is 7.08. The van der Waals surface area contributed by atoms with Gasteiger partial charge in [0.15, 0.2) is 0 Å². The van der Waals surface area contributed by atoms with Gasteiger partial charge in [-0.05, 0) is 30.7 Å². The number of hydrogen-bond donors (Lipinski definition) is 4. The van der Waals surface area contributed by atoms with Crippen LogP contribution >= 0.6 is 0 Å². The Bertz CT molecular complexity index is 605. The molecule has 0 aliphatic carbocycles. The molecule has 0 heterocycles. The molecule has 0 saturated carbocycles. The zero-order valence-electron chi connectivity index (χ0n) is 15.7. The van der Waals surface area contributed by atoms with E-state index in [1.807, 2.05) is 44.2 Å². The highest BCUT2D eigenvalue weighted by molar-refractivity contribution is 5.89. The normalized spacial score (nSPS) is 12.9. The van der Waals surface area contributed by atoms with Gasteiger partial charge in [-0.15, -0.1) is 0 Å². The highest BCUT2D eigenvalue weighted by Crippen LogP contribution is 2.08. The highest BCUT2D eigenvalue weighted by atomic mass is 16.5. The van der Waals surface area contributed by atoms with E-state index in [1.165, 1.54) is 0 Å². The van der Waals surface area contributed by atoms with Crippen LogP contribution in [0.4, 0.5) is 4.79 Å². The summed E-state index contributed by atoms with van der Waals surface area (Å²) in [6.45, 7) is 3.67. The van der Waals surface area contributed by atoms with Crippen molar-refractivity contribution in [1.29, 1.82) is 0 Å². The number of rotatable bonds is 11. The van der Waals surface area contributed by atoms with E-state index in [0.29, 0.717) is 6.42 Å². The van der Waals surface area contributed by atoms with Crippen LogP contribution < -0.4 is 10.6 Å². The number of carbonyl (C=O) groups is 3. The maximum Gasteiger partial charge on any atom is 0.408 e. The molecule has 27 heavy (non-hydrogen) atoms. The molecule has 2 atom stereocenters. The monoisotopic (exact) mass is 380 g/mol. The number of carboxylic acids is 1. The molecule has 0 unspecified atom stereocenters. The van der Waals surface area contributed by atoms with Gasteiger partial charge in [0.05, 0.1) is 0 Å². The molecule has 0 aliphatic heterocycles. The number of nitrogens with one attached hydrogen (secondary N) is 2. The number of ether oxygens (including phenoxy) is 1. The third-order valence-corrected chi connectivity index (χ3v) is 3.79. The van der Waals surface area contributed by atoms with Crippen LogP contribution in [0, 0.1) is 5.92 Å². The van der Waals surface area contributed by atoms with Gasteiger partial charge >= 0.3 is 12.1 Å². The predicted molar refractivity (Wildman–Crippen MR) is 98.9 cm³/mol. The first-order chi connectivity index (χ1) is 12.8. The maximum absolute atomic E-state index is 12.5. The van der Waals surface area contributed by atoms with Crippen LogP contribution in [0.15, 0.2) is 30.3 Å². The Morgan fingerprint density at radius 3 is 2.30 bits per heavy atom. The fourth-order valence-electron chi connectivity index (χ4n) is 2.44. The minimum absolute atomic E-state index is 0.0664. The van der Waals surface area contributed by atoms with Gasteiger partial charge in [0, 0.05) is 6.61 Å². The van der Waals surface area contributed by atoms with Gasteiger partial charge < -0.3 is 25.6 Å². The van der Waals surface area contributed by atoms with Gasteiger partial charge in [-0.25, -0.2) is 9.59 Å². The first-order valence-electron chi connectivity index (χ1n) is 8.94. The van der Waals surface area contributed by atoms with E-state index in [-0.39, 0.29) is 32.0 Å². The lowest BCUT2D eigenvalue weighted by molar-refractivity contribution is -0.142. The molecule has 0 aromatic heterocycles. The van der Waals surface area contributed by atoms with E-state index in [4.69, 9.17) is 9.84 Å². The molecule has 2 amide bonds. The minimum Gasteiger partial charge on any atom is -0.480 e. The number of benzene rings is 1. The van der Waals surface area contributed by atoms with Crippen molar-refractivity contribution >= 4 is 18.0 Å². The molecule has 0 fully saturated rings. The summed E-state index contributed by atoms with van der Waals surface area (Å²) in [5.41, 5.74) is 0.812. The van der Waals surface area contributed by atoms with E-state index in [1.54, 1.807) is 0 Å². The zero-order chi connectivity index (χ0) is 20.2. The second-order valence-electron chi connectivity index (χ2n) is 6.65. The van der Waals surface area contributed by atoms with E-state index < -0.39 is 30.1 Å². The van der Waals surface area contributed by atoms with Crippen molar-refractivity contribution in [2.24, 2.45) is 5.92 Å². The van der Waals surface area contributed by atoms with E-state index in [0.717, 1.165) is 5.56 Å². The van der Waals surface area contributed by atoms with Gasteiger partial charge in [-0.2, -0.15) is 0 Å². The summed E-state index contributed by atoms with van der Waals surface area (Å²) >= 11 is 0. The topological polar surface area (TPSA) is 125 Å². The molecule has 0 bridgehead atoms. The molecule has 0 radical (unpaired) electrons. The smallest absolute Gasteiger partial charge is 0.408 e. The second kappa shape index (κ2) is 11.9. The zero-order valence-corrected chi connectivity index (χ0v) is 15.7. The largest absolute Gasteiger partial charge is 0.480 e. The quantitative estimate of drug-likeness (QED) is 0.463. The first-order valence-corrected chi connectivity index (χ1v) is 8.94. The van der Waals surface area contributed by atoms with Crippen LogP contribution in [0.25, 0.3) is 0 Å². The molecule has 0 saturated heterocycles. The number of amides is 2. The lowest BCUT2D eigenvalue weighted by atomic mass is 10.0. The minimum atomic E-state index is -1.19. The van der Waals surface area contributed by atoms with Gasteiger partial charge in [0.25, 0.3) is 0 Å². The number of aliphatic carboxylic acids is 1. The average molecular weight is 380 g/mol. The molecule has 1 rings (SSSR count). The Hall–Kier alpha value is -2.61. The van der Waals surface area contributed by atoms with Crippen molar-refractivity contribution in [3.63, 3.8) is 0 Å². The summed E-state index contributed by atoms with van der Waals surface area (Å²) in [4.78, 5) is 35.8. The third kappa shape index (κ3) is 9.05. The summed E-state index contributed by atoms with van der Waals surface area (Å²) in [5, 5.41) is 23.0. The van der Waals surface area contributed by atoms with Crippen LogP contribution in [0.5, 0.6) is 0 Å². The number of aliphatic hydroxyl groups is 1. The van der Waals surface area contributed by atoms with Crippen LogP contribution in [0.1, 0.15) is 38.7 Å². The Kier molecular flexibility index (Phi) is 9.89. The van der Waals surface area contributed by atoms with Crippen LogP contribution in [-0.2, 0) is 20.9 Å². The van der Waals surface area contributed by atoms with Gasteiger partial charge in [0.1, 0.15) is 18.7 Å².